The number of anilines is 2. The van der Waals surface area contributed by atoms with Crippen LogP contribution >= 0.6 is 11.6 Å². The predicted octanol–water partition coefficient (Wildman–Crippen LogP) is 4.69. The van der Waals surface area contributed by atoms with Crippen molar-refractivity contribution in [3.63, 3.8) is 0 Å². The van der Waals surface area contributed by atoms with E-state index < -0.39 is 5.91 Å². The lowest BCUT2D eigenvalue weighted by molar-refractivity contribution is 0.100. The summed E-state index contributed by atoms with van der Waals surface area (Å²) < 4.78 is 0. The van der Waals surface area contributed by atoms with E-state index in [4.69, 9.17) is 23.1 Å². The van der Waals surface area contributed by atoms with Crippen LogP contribution in [0.3, 0.4) is 0 Å². The highest BCUT2D eigenvalue weighted by molar-refractivity contribution is 6.31. The molecule has 2 aromatic rings. The number of aryl methyl sites for hydroxylation is 2. The molecule has 0 saturated carbocycles. The summed E-state index contributed by atoms with van der Waals surface area (Å²) in [6.45, 7) is 8.08. The lowest BCUT2D eigenvalue weighted by Crippen LogP contribution is -2.12. The van der Waals surface area contributed by atoms with E-state index in [9.17, 15) is 4.79 Å². The molecule has 0 aliphatic rings. The SMILES string of the molecule is CC.Cc1ccc(N/C=C\C(N)=NC(=O)c2cc(Cl)ccc2N)cc1C. The number of benzene rings is 2. The molecule has 26 heavy (non-hydrogen) atoms. The first-order valence-electron chi connectivity index (χ1n) is 8.30. The Hall–Kier alpha value is -2.79. The van der Waals surface area contributed by atoms with E-state index in [1.807, 2.05) is 45.9 Å². The summed E-state index contributed by atoms with van der Waals surface area (Å²) in [5.41, 5.74) is 15.3. The molecule has 0 saturated heterocycles. The molecule has 0 bridgehead atoms. The minimum atomic E-state index is -0.539. The summed E-state index contributed by atoms with van der Waals surface area (Å²) in [5, 5.41) is 3.49. The maximum Gasteiger partial charge on any atom is 0.281 e. The van der Waals surface area contributed by atoms with Crippen LogP contribution in [0.25, 0.3) is 0 Å². The number of amides is 1. The Bertz CT molecular complexity index is 829. The number of aliphatic imine (C=N–C) groups is 1. The minimum absolute atomic E-state index is 0.0655. The monoisotopic (exact) mass is 372 g/mol. The fraction of sp³-hybridized carbons (Fsp3) is 0.200. The van der Waals surface area contributed by atoms with Crippen molar-refractivity contribution in [2.75, 3.05) is 11.1 Å². The Morgan fingerprint density at radius 3 is 2.46 bits per heavy atom. The fourth-order valence-electron chi connectivity index (χ4n) is 1.98. The zero-order chi connectivity index (χ0) is 19.7. The van der Waals surface area contributed by atoms with E-state index in [1.165, 1.54) is 23.3 Å². The number of hydrogen-bond donors (Lipinski definition) is 3. The van der Waals surface area contributed by atoms with Crippen molar-refractivity contribution >= 4 is 34.7 Å². The molecule has 0 aliphatic heterocycles. The molecule has 0 radical (unpaired) electrons. The predicted molar refractivity (Wildman–Crippen MR) is 112 cm³/mol. The zero-order valence-corrected chi connectivity index (χ0v) is 16.3. The quantitative estimate of drug-likeness (QED) is 0.412. The van der Waals surface area contributed by atoms with Gasteiger partial charge in [0.15, 0.2) is 0 Å². The minimum Gasteiger partial charge on any atom is -0.398 e. The summed E-state index contributed by atoms with van der Waals surface area (Å²) in [7, 11) is 0. The molecule has 5 nitrogen and oxygen atoms in total. The van der Waals surface area contributed by atoms with Crippen LogP contribution in [0, 0.1) is 13.8 Å². The largest absolute Gasteiger partial charge is 0.398 e. The Morgan fingerprint density at radius 1 is 1.12 bits per heavy atom. The van der Waals surface area contributed by atoms with Crippen LogP contribution in [0.4, 0.5) is 11.4 Å². The highest BCUT2D eigenvalue weighted by atomic mass is 35.5. The molecule has 138 valence electrons. The van der Waals surface area contributed by atoms with Crippen LogP contribution in [0.5, 0.6) is 0 Å². The van der Waals surface area contributed by atoms with Crippen LogP contribution in [0.1, 0.15) is 35.3 Å². The molecule has 6 heteroatoms. The van der Waals surface area contributed by atoms with Gasteiger partial charge in [0.1, 0.15) is 5.84 Å². The molecule has 0 unspecified atom stereocenters. The summed E-state index contributed by atoms with van der Waals surface area (Å²) >= 11 is 5.86. The number of carbonyl (C=O) groups is 1. The molecular weight excluding hydrogens is 348 g/mol. The van der Waals surface area contributed by atoms with E-state index in [-0.39, 0.29) is 11.4 Å². The summed E-state index contributed by atoms with van der Waals surface area (Å²) in [4.78, 5) is 15.9. The smallest absolute Gasteiger partial charge is 0.281 e. The third-order valence-electron chi connectivity index (χ3n) is 3.49. The van der Waals surface area contributed by atoms with Crippen molar-refractivity contribution in [1.82, 2.24) is 0 Å². The number of nitrogens with one attached hydrogen (secondary N) is 1. The molecule has 2 rings (SSSR count). The molecule has 0 fully saturated rings. The van der Waals surface area contributed by atoms with Gasteiger partial charge in [0.05, 0.1) is 5.56 Å². The Kier molecular flexibility index (Phi) is 8.38. The molecule has 0 heterocycles. The molecule has 0 aromatic heterocycles. The second-order valence-electron chi connectivity index (χ2n) is 5.35. The van der Waals surface area contributed by atoms with Crippen LogP contribution in [0.15, 0.2) is 53.7 Å². The van der Waals surface area contributed by atoms with Crippen LogP contribution in [-0.4, -0.2) is 11.7 Å². The zero-order valence-electron chi connectivity index (χ0n) is 15.5. The van der Waals surface area contributed by atoms with Crippen molar-refractivity contribution < 1.29 is 4.79 Å². The van der Waals surface area contributed by atoms with Gasteiger partial charge in [-0.15, -0.1) is 0 Å². The van der Waals surface area contributed by atoms with E-state index in [0.717, 1.165) is 5.69 Å². The van der Waals surface area contributed by atoms with Gasteiger partial charge in [-0.2, -0.15) is 4.99 Å². The Balaban J connectivity index is 0.00000163. The van der Waals surface area contributed by atoms with E-state index in [0.29, 0.717) is 10.7 Å². The standard InChI is InChI=1S/C18H19ClN4O.C2H6/c1-11-3-5-14(9-12(11)2)22-8-7-17(21)23-18(24)15-10-13(19)4-6-16(15)20;1-2/h3-10,22H,20H2,1-2H3,(H2,21,23,24);1-2H3/b8-7-;. The third-order valence-corrected chi connectivity index (χ3v) is 3.72. The summed E-state index contributed by atoms with van der Waals surface area (Å²) in [6, 6.07) is 10.6. The average Bonchev–Trinajstić information content (AvgIpc) is 2.61. The fourth-order valence-corrected chi connectivity index (χ4v) is 2.16. The number of nitrogens with zero attached hydrogens (tertiary/aromatic N) is 1. The van der Waals surface area contributed by atoms with Crippen molar-refractivity contribution in [3.05, 3.63) is 70.4 Å². The normalized spacial score (nSPS) is 11.0. The number of amidine groups is 1. The first-order chi connectivity index (χ1) is 12.4. The number of halogens is 1. The number of rotatable bonds is 4. The molecule has 2 aromatic carbocycles. The Morgan fingerprint density at radius 2 is 1.81 bits per heavy atom. The van der Waals surface area contributed by atoms with Gasteiger partial charge in [-0.3, -0.25) is 4.79 Å². The number of hydrogen-bond acceptors (Lipinski definition) is 3. The van der Waals surface area contributed by atoms with Gasteiger partial charge < -0.3 is 16.8 Å². The van der Waals surface area contributed by atoms with E-state index in [1.54, 1.807) is 18.3 Å². The lowest BCUT2D eigenvalue weighted by atomic mass is 10.1. The molecular formula is C20H25ClN4O. The van der Waals surface area contributed by atoms with Crippen molar-refractivity contribution in [2.24, 2.45) is 10.7 Å². The summed E-state index contributed by atoms with van der Waals surface area (Å²) in [6.07, 6.45) is 3.13. The molecule has 5 N–H and O–H groups in total. The van der Waals surface area contributed by atoms with Crippen LogP contribution in [0.2, 0.25) is 5.02 Å². The maximum absolute atomic E-state index is 12.1. The second kappa shape index (κ2) is 10.3. The topological polar surface area (TPSA) is 93.5 Å². The van der Waals surface area contributed by atoms with Gasteiger partial charge in [-0.25, -0.2) is 0 Å². The van der Waals surface area contributed by atoms with Gasteiger partial charge in [-0.1, -0.05) is 31.5 Å². The van der Waals surface area contributed by atoms with Gasteiger partial charge >= 0.3 is 0 Å². The third kappa shape index (κ3) is 6.26. The van der Waals surface area contributed by atoms with Gasteiger partial charge in [0, 0.05) is 22.6 Å². The first-order valence-corrected chi connectivity index (χ1v) is 8.68. The van der Waals surface area contributed by atoms with Crippen molar-refractivity contribution in [2.45, 2.75) is 27.7 Å². The molecule has 0 atom stereocenters. The number of nitrogen functional groups attached to an aromatic ring is 1. The van der Waals surface area contributed by atoms with Crippen molar-refractivity contribution in [1.29, 1.82) is 0 Å². The van der Waals surface area contributed by atoms with E-state index in [2.05, 4.69) is 10.3 Å². The highest BCUT2D eigenvalue weighted by Gasteiger charge is 2.09. The maximum atomic E-state index is 12.1. The van der Waals surface area contributed by atoms with E-state index >= 15 is 0 Å². The van der Waals surface area contributed by atoms with Crippen LogP contribution in [-0.2, 0) is 0 Å². The lowest BCUT2D eigenvalue weighted by Gasteiger charge is -2.04. The number of nitrogens with two attached hydrogens (primary N) is 2. The summed E-state index contributed by atoms with van der Waals surface area (Å²) in [5.74, 6) is -0.473. The molecule has 0 spiro atoms. The van der Waals surface area contributed by atoms with Gasteiger partial charge in [0.2, 0.25) is 0 Å². The first kappa shape index (κ1) is 21.3. The van der Waals surface area contributed by atoms with Gasteiger partial charge in [0.25, 0.3) is 5.91 Å². The second-order valence-corrected chi connectivity index (χ2v) is 5.79. The number of carbonyl (C=O) groups excluding carboxylic acids is 1. The molecule has 0 aliphatic carbocycles. The molecule has 1 amide bonds. The highest BCUT2D eigenvalue weighted by Crippen LogP contribution is 2.18. The average molecular weight is 373 g/mol. The Labute approximate surface area is 159 Å². The van der Waals surface area contributed by atoms with Gasteiger partial charge in [-0.05, 0) is 61.4 Å². The van der Waals surface area contributed by atoms with Crippen molar-refractivity contribution in [3.8, 4) is 0 Å². The van der Waals surface area contributed by atoms with Crippen LogP contribution < -0.4 is 16.8 Å².